The van der Waals surface area contributed by atoms with Gasteiger partial charge in [0.15, 0.2) is 0 Å². The Bertz CT molecular complexity index is 1200. The number of carbonyl (C=O) groups excluding carboxylic acids is 2. The van der Waals surface area contributed by atoms with Gasteiger partial charge in [-0.1, -0.05) is 48.0 Å². The summed E-state index contributed by atoms with van der Waals surface area (Å²) in [6, 6.07) is 19.8. The lowest BCUT2D eigenvalue weighted by Crippen LogP contribution is -2.29. The van der Waals surface area contributed by atoms with Gasteiger partial charge in [-0.3, -0.25) is 9.59 Å². The number of nitrogens with one attached hydrogen (secondary N) is 2. The van der Waals surface area contributed by atoms with Gasteiger partial charge in [0, 0.05) is 17.8 Å². The molecule has 0 radical (unpaired) electrons. The van der Waals surface area contributed by atoms with Crippen molar-refractivity contribution < 1.29 is 27.1 Å². The Morgan fingerprint density at radius 2 is 1.58 bits per heavy atom. The predicted molar refractivity (Wildman–Crippen MR) is 121 cm³/mol. The molecule has 3 rings (SSSR count). The van der Waals surface area contributed by atoms with Crippen LogP contribution in [0.3, 0.4) is 0 Å². The Morgan fingerprint density at radius 1 is 0.939 bits per heavy atom. The highest BCUT2D eigenvalue weighted by Crippen LogP contribution is 2.21. The number of benzene rings is 3. The summed E-state index contributed by atoms with van der Waals surface area (Å²) in [5.74, 6) is -1.83. The van der Waals surface area contributed by atoms with E-state index in [1.54, 1.807) is 42.5 Å². The Hall–Kier alpha value is -3.56. The van der Waals surface area contributed by atoms with Crippen molar-refractivity contribution in [3.63, 3.8) is 0 Å². The van der Waals surface area contributed by atoms with Crippen molar-refractivity contribution in [2.24, 2.45) is 0 Å². The van der Waals surface area contributed by atoms with Crippen LogP contribution in [0, 0.1) is 12.7 Å². The number of hydrogen-bond acceptors (Lipinski definition) is 5. The number of halogens is 1. The lowest BCUT2D eigenvalue weighted by molar-refractivity contribution is -0.154. The van der Waals surface area contributed by atoms with Gasteiger partial charge in [-0.2, -0.15) is 0 Å². The van der Waals surface area contributed by atoms with Crippen molar-refractivity contribution in [1.29, 1.82) is 0 Å². The molecule has 7 nitrogen and oxygen atoms in total. The number of amides is 1. The fourth-order valence-corrected chi connectivity index (χ4v) is 3.95. The van der Waals surface area contributed by atoms with Crippen molar-refractivity contribution >= 4 is 27.6 Å². The predicted octanol–water partition coefficient (Wildman–Crippen LogP) is 3.73. The van der Waals surface area contributed by atoms with E-state index in [9.17, 15) is 22.4 Å². The summed E-state index contributed by atoms with van der Waals surface area (Å²) < 4.78 is 45.5. The molecular formula is C24H23FN2O5S. The lowest BCUT2D eigenvalue weighted by atomic mass is 10.1. The minimum absolute atomic E-state index is 0.0855. The minimum atomic E-state index is -3.78. The van der Waals surface area contributed by atoms with E-state index in [1.165, 1.54) is 36.4 Å². The highest BCUT2D eigenvalue weighted by Gasteiger charge is 2.25. The van der Waals surface area contributed by atoms with E-state index >= 15 is 0 Å². The summed E-state index contributed by atoms with van der Waals surface area (Å²) in [6.07, 6.45) is -1.55. The molecule has 0 aromatic heterocycles. The average Bonchev–Trinajstić information content (AvgIpc) is 2.79. The van der Waals surface area contributed by atoms with Crippen LogP contribution >= 0.6 is 0 Å². The second kappa shape index (κ2) is 10.8. The van der Waals surface area contributed by atoms with Crippen molar-refractivity contribution in [2.75, 3.05) is 11.9 Å². The van der Waals surface area contributed by atoms with E-state index in [2.05, 4.69) is 10.0 Å². The number of anilines is 1. The van der Waals surface area contributed by atoms with Crippen molar-refractivity contribution in [2.45, 2.75) is 24.3 Å². The Kier molecular flexibility index (Phi) is 7.92. The summed E-state index contributed by atoms with van der Waals surface area (Å²) in [7, 11) is -3.78. The summed E-state index contributed by atoms with van der Waals surface area (Å²) in [6.45, 7) is 1.64. The van der Waals surface area contributed by atoms with E-state index in [4.69, 9.17) is 4.74 Å². The smallest absolute Gasteiger partial charge is 0.308 e. The lowest BCUT2D eigenvalue weighted by Gasteiger charge is -2.18. The molecule has 1 atom stereocenters. The normalized spacial score (nSPS) is 12.1. The largest absolute Gasteiger partial charge is 0.447 e. The molecule has 1 unspecified atom stereocenters. The van der Waals surface area contributed by atoms with Gasteiger partial charge < -0.3 is 10.1 Å². The van der Waals surface area contributed by atoms with Crippen LogP contribution in [0.4, 0.5) is 10.1 Å². The quantitative estimate of drug-likeness (QED) is 0.464. The van der Waals surface area contributed by atoms with Crippen molar-refractivity contribution in [1.82, 2.24) is 4.72 Å². The van der Waals surface area contributed by atoms with Crippen molar-refractivity contribution in [3.8, 4) is 0 Å². The molecule has 0 heterocycles. The Morgan fingerprint density at radius 3 is 2.21 bits per heavy atom. The number of rotatable bonds is 9. The van der Waals surface area contributed by atoms with E-state index in [0.717, 1.165) is 5.56 Å². The molecule has 0 aliphatic carbocycles. The zero-order valence-corrected chi connectivity index (χ0v) is 18.6. The molecule has 172 valence electrons. The molecule has 0 saturated heterocycles. The molecule has 0 bridgehead atoms. The van der Waals surface area contributed by atoms with Crippen LogP contribution in [0.25, 0.3) is 0 Å². The maximum atomic E-state index is 13.1. The molecule has 2 N–H and O–H groups in total. The number of hydrogen-bond donors (Lipinski definition) is 2. The third-order valence-corrected chi connectivity index (χ3v) is 6.13. The third kappa shape index (κ3) is 6.96. The first-order chi connectivity index (χ1) is 15.7. The topological polar surface area (TPSA) is 102 Å². The molecule has 3 aromatic rings. The van der Waals surface area contributed by atoms with Crippen LogP contribution in [0.2, 0.25) is 0 Å². The Balaban J connectivity index is 1.63. The molecule has 3 aromatic carbocycles. The maximum absolute atomic E-state index is 13.1. The van der Waals surface area contributed by atoms with Gasteiger partial charge in [0.25, 0.3) is 5.91 Å². The molecule has 33 heavy (non-hydrogen) atoms. The summed E-state index contributed by atoms with van der Waals surface area (Å²) >= 11 is 0. The molecule has 9 heteroatoms. The SMILES string of the molecule is Cc1ccc(S(=O)(=O)NCCC(=O)OC(C(=O)Nc2ccc(F)cc2)c2ccccc2)cc1. The summed E-state index contributed by atoms with van der Waals surface area (Å²) in [5, 5.41) is 2.59. The second-order valence-corrected chi connectivity index (χ2v) is 9.00. The monoisotopic (exact) mass is 470 g/mol. The molecule has 0 aliphatic rings. The second-order valence-electron chi connectivity index (χ2n) is 7.24. The van der Waals surface area contributed by atoms with E-state index in [1.807, 2.05) is 6.92 Å². The van der Waals surface area contributed by atoms with E-state index in [-0.39, 0.29) is 17.9 Å². The van der Waals surface area contributed by atoms with Crippen LogP contribution in [-0.2, 0) is 24.3 Å². The minimum Gasteiger partial charge on any atom is -0.447 e. The number of ether oxygens (including phenoxy) is 1. The number of sulfonamides is 1. The zero-order valence-electron chi connectivity index (χ0n) is 17.8. The van der Waals surface area contributed by atoms with Crippen LogP contribution in [0.1, 0.15) is 23.7 Å². The van der Waals surface area contributed by atoms with E-state index in [0.29, 0.717) is 11.3 Å². The van der Waals surface area contributed by atoms with Gasteiger partial charge >= 0.3 is 5.97 Å². The van der Waals surface area contributed by atoms with E-state index < -0.39 is 33.8 Å². The first kappa shape index (κ1) is 24.1. The van der Waals surface area contributed by atoms with Gasteiger partial charge in [0.2, 0.25) is 16.1 Å². The van der Waals surface area contributed by atoms with Crippen LogP contribution in [0.5, 0.6) is 0 Å². The van der Waals surface area contributed by atoms with Gasteiger partial charge in [-0.05, 0) is 43.3 Å². The first-order valence-electron chi connectivity index (χ1n) is 10.1. The van der Waals surface area contributed by atoms with Gasteiger partial charge in [0.1, 0.15) is 5.82 Å². The molecular weight excluding hydrogens is 447 g/mol. The molecule has 0 spiro atoms. The first-order valence-corrected chi connectivity index (χ1v) is 11.6. The number of aryl methyl sites for hydroxylation is 1. The molecule has 0 fully saturated rings. The zero-order chi connectivity index (χ0) is 23.8. The van der Waals surface area contributed by atoms with Gasteiger partial charge in [-0.25, -0.2) is 17.5 Å². The molecule has 1 amide bonds. The standard InChI is InChI=1S/C24H23FN2O5S/c1-17-7-13-21(14-8-17)33(30,31)26-16-15-22(28)32-23(18-5-3-2-4-6-18)24(29)27-20-11-9-19(25)10-12-20/h2-14,23,26H,15-16H2,1H3,(H,27,29). The summed E-state index contributed by atoms with van der Waals surface area (Å²) in [4.78, 5) is 25.3. The average molecular weight is 471 g/mol. The Labute approximate surface area is 191 Å². The summed E-state index contributed by atoms with van der Waals surface area (Å²) in [5.41, 5.74) is 1.69. The fraction of sp³-hybridized carbons (Fsp3) is 0.167. The highest BCUT2D eigenvalue weighted by atomic mass is 32.2. The van der Waals surface area contributed by atoms with Gasteiger partial charge in [-0.15, -0.1) is 0 Å². The third-order valence-electron chi connectivity index (χ3n) is 4.65. The number of esters is 1. The van der Waals surface area contributed by atoms with Crippen LogP contribution in [0.15, 0.2) is 83.8 Å². The van der Waals surface area contributed by atoms with Gasteiger partial charge in [0.05, 0.1) is 11.3 Å². The van der Waals surface area contributed by atoms with Crippen LogP contribution < -0.4 is 10.0 Å². The fourth-order valence-electron chi connectivity index (χ4n) is 2.92. The molecule has 0 aliphatic heterocycles. The number of carbonyl (C=O) groups is 2. The van der Waals surface area contributed by atoms with Crippen LogP contribution in [-0.4, -0.2) is 26.8 Å². The highest BCUT2D eigenvalue weighted by molar-refractivity contribution is 7.89. The van der Waals surface area contributed by atoms with Crippen molar-refractivity contribution in [3.05, 3.63) is 95.8 Å². The molecule has 0 saturated carbocycles. The maximum Gasteiger partial charge on any atom is 0.308 e.